The normalized spacial score (nSPS) is 18.8. The van der Waals surface area contributed by atoms with Gasteiger partial charge in [-0.25, -0.2) is 9.18 Å². The zero-order chi connectivity index (χ0) is 13.1. The zero-order valence-corrected chi connectivity index (χ0v) is 10.0. The van der Waals surface area contributed by atoms with Crippen LogP contribution in [0.15, 0.2) is 18.2 Å². The van der Waals surface area contributed by atoms with E-state index in [-0.39, 0.29) is 11.7 Å². The fraction of sp³-hybridized carbons (Fsp3) is 0.417. The van der Waals surface area contributed by atoms with Crippen LogP contribution in [-0.4, -0.2) is 42.3 Å². The smallest absolute Gasteiger partial charge is 0.322 e. The van der Waals surface area contributed by atoms with Crippen molar-refractivity contribution in [2.24, 2.45) is 0 Å². The van der Waals surface area contributed by atoms with Crippen LogP contribution >= 0.6 is 0 Å². The first kappa shape index (κ1) is 12.6. The molecule has 1 fully saturated rings. The summed E-state index contributed by atoms with van der Waals surface area (Å²) in [6.07, 6.45) is 0.0819. The number of likely N-dealkylation sites (tertiary alicyclic amines) is 1. The van der Waals surface area contributed by atoms with Gasteiger partial charge in [-0.3, -0.25) is 0 Å². The van der Waals surface area contributed by atoms with Gasteiger partial charge in [0.2, 0.25) is 0 Å². The third-order valence-electron chi connectivity index (χ3n) is 2.85. The van der Waals surface area contributed by atoms with Crippen molar-refractivity contribution in [2.75, 3.05) is 25.5 Å². The number of carbonyl (C=O) groups excluding carboxylic acids is 1. The maximum absolute atomic E-state index is 13.1. The Balaban J connectivity index is 2.09. The molecule has 1 saturated heterocycles. The summed E-state index contributed by atoms with van der Waals surface area (Å²) in [6.45, 7) is 0.786. The molecule has 2 N–H and O–H groups in total. The Hall–Kier alpha value is -1.82. The number of amides is 2. The number of rotatable bonds is 2. The number of ether oxygens (including phenoxy) is 1. The lowest BCUT2D eigenvalue weighted by atomic mass is 10.3. The van der Waals surface area contributed by atoms with Crippen LogP contribution < -0.4 is 10.1 Å². The van der Waals surface area contributed by atoms with Gasteiger partial charge in [0.25, 0.3) is 0 Å². The highest BCUT2D eigenvalue weighted by molar-refractivity contribution is 5.91. The summed E-state index contributed by atoms with van der Waals surface area (Å²) < 4.78 is 18.1. The number of methoxy groups -OCH3 is 1. The van der Waals surface area contributed by atoms with Crippen LogP contribution in [0.1, 0.15) is 6.42 Å². The van der Waals surface area contributed by atoms with Crippen molar-refractivity contribution < 1.29 is 19.0 Å². The van der Waals surface area contributed by atoms with E-state index >= 15 is 0 Å². The largest absolute Gasteiger partial charge is 0.495 e. The van der Waals surface area contributed by atoms with Gasteiger partial charge in [0, 0.05) is 19.2 Å². The number of nitrogens with one attached hydrogen (secondary N) is 1. The number of hydrogen-bond donors (Lipinski definition) is 2. The van der Waals surface area contributed by atoms with Crippen LogP contribution in [0.25, 0.3) is 0 Å². The predicted molar refractivity (Wildman–Crippen MR) is 64.2 cm³/mol. The summed E-state index contributed by atoms with van der Waals surface area (Å²) in [5, 5.41) is 11.9. The van der Waals surface area contributed by atoms with E-state index in [1.165, 1.54) is 30.2 Å². The fourth-order valence-electron chi connectivity index (χ4n) is 1.90. The van der Waals surface area contributed by atoms with Gasteiger partial charge in [-0.2, -0.15) is 0 Å². The number of nitrogens with zero attached hydrogens (tertiary/aromatic N) is 1. The third kappa shape index (κ3) is 2.70. The molecule has 5 nitrogen and oxygen atoms in total. The lowest BCUT2D eigenvalue weighted by molar-refractivity contribution is 0.176. The number of β-amino-alcohol motifs (C(OH)–C–C–N with tert-alkyl or cyclic N) is 1. The lowest BCUT2D eigenvalue weighted by Gasteiger charge is -2.17. The molecule has 1 aliphatic heterocycles. The third-order valence-corrected chi connectivity index (χ3v) is 2.85. The second kappa shape index (κ2) is 5.22. The molecule has 18 heavy (non-hydrogen) atoms. The molecule has 1 aromatic rings. The van der Waals surface area contributed by atoms with Gasteiger partial charge in [0.15, 0.2) is 0 Å². The maximum atomic E-state index is 13.1. The van der Waals surface area contributed by atoms with Gasteiger partial charge < -0.3 is 20.1 Å². The summed E-state index contributed by atoms with van der Waals surface area (Å²) in [6, 6.07) is 3.54. The van der Waals surface area contributed by atoms with Crippen LogP contribution in [0, 0.1) is 5.82 Å². The lowest BCUT2D eigenvalue weighted by Crippen LogP contribution is -2.33. The van der Waals surface area contributed by atoms with Gasteiger partial charge in [0.05, 0.1) is 18.9 Å². The highest BCUT2D eigenvalue weighted by Gasteiger charge is 2.25. The number of aliphatic hydroxyl groups excluding tert-OH is 1. The Morgan fingerprint density at radius 3 is 3.00 bits per heavy atom. The number of aliphatic hydroxyl groups is 1. The molecule has 0 aromatic heterocycles. The SMILES string of the molecule is COc1ccc(F)cc1NC(=O)N1CC[C@@H](O)C1. The molecule has 98 valence electrons. The molecule has 6 heteroatoms. The summed E-state index contributed by atoms with van der Waals surface area (Å²) in [4.78, 5) is 13.3. The number of carbonyl (C=O) groups is 1. The molecule has 2 rings (SSSR count). The van der Waals surface area contributed by atoms with E-state index in [1.54, 1.807) is 0 Å². The van der Waals surface area contributed by atoms with Crippen LogP contribution in [0.5, 0.6) is 5.75 Å². The number of benzene rings is 1. The van der Waals surface area contributed by atoms with E-state index in [9.17, 15) is 14.3 Å². The van der Waals surface area contributed by atoms with Crippen molar-refractivity contribution in [2.45, 2.75) is 12.5 Å². The first-order valence-electron chi connectivity index (χ1n) is 5.67. The van der Waals surface area contributed by atoms with Gasteiger partial charge in [-0.15, -0.1) is 0 Å². The van der Waals surface area contributed by atoms with Crippen molar-refractivity contribution in [1.82, 2.24) is 4.90 Å². The van der Waals surface area contributed by atoms with E-state index in [1.807, 2.05) is 0 Å². The molecule has 1 aliphatic rings. The molecule has 0 saturated carbocycles. The maximum Gasteiger partial charge on any atom is 0.322 e. The topological polar surface area (TPSA) is 61.8 Å². The first-order valence-corrected chi connectivity index (χ1v) is 5.67. The highest BCUT2D eigenvalue weighted by Crippen LogP contribution is 2.25. The van der Waals surface area contributed by atoms with Crippen molar-refractivity contribution >= 4 is 11.7 Å². The van der Waals surface area contributed by atoms with Gasteiger partial charge in [-0.05, 0) is 18.6 Å². The molecule has 0 unspecified atom stereocenters. The molecular weight excluding hydrogens is 239 g/mol. The molecule has 2 amide bonds. The average Bonchev–Trinajstić information content (AvgIpc) is 2.76. The molecule has 0 radical (unpaired) electrons. The number of urea groups is 1. The number of halogens is 1. The van der Waals surface area contributed by atoms with Crippen LogP contribution in [-0.2, 0) is 0 Å². The Bertz CT molecular complexity index is 453. The van der Waals surface area contributed by atoms with Gasteiger partial charge >= 0.3 is 6.03 Å². The van der Waals surface area contributed by atoms with E-state index in [0.717, 1.165) is 0 Å². The molecule has 0 spiro atoms. The van der Waals surface area contributed by atoms with E-state index in [4.69, 9.17) is 4.74 Å². The molecular formula is C12H15FN2O3. The second-order valence-corrected chi connectivity index (χ2v) is 4.16. The van der Waals surface area contributed by atoms with Crippen LogP contribution in [0.3, 0.4) is 0 Å². The quantitative estimate of drug-likeness (QED) is 0.839. The number of anilines is 1. The van der Waals surface area contributed by atoms with Crippen molar-refractivity contribution in [3.8, 4) is 5.75 Å². The summed E-state index contributed by atoms with van der Waals surface area (Å²) in [7, 11) is 1.45. The Morgan fingerprint density at radius 2 is 2.39 bits per heavy atom. The van der Waals surface area contributed by atoms with Crippen molar-refractivity contribution in [3.05, 3.63) is 24.0 Å². The highest BCUT2D eigenvalue weighted by atomic mass is 19.1. The fourth-order valence-corrected chi connectivity index (χ4v) is 1.90. The Morgan fingerprint density at radius 1 is 1.61 bits per heavy atom. The van der Waals surface area contributed by atoms with Gasteiger partial charge in [-0.1, -0.05) is 0 Å². The van der Waals surface area contributed by atoms with Crippen LogP contribution in [0.2, 0.25) is 0 Å². The molecule has 1 heterocycles. The minimum absolute atomic E-state index is 0.281. The standard InChI is InChI=1S/C12H15FN2O3/c1-18-11-3-2-8(13)6-10(11)14-12(17)15-5-4-9(16)7-15/h2-3,6,9,16H,4-5,7H2,1H3,(H,14,17)/t9-/m1/s1. The first-order chi connectivity index (χ1) is 8.60. The van der Waals surface area contributed by atoms with Gasteiger partial charge in [0.1, 0.15) is 11.6 Å². The minimum Gasteiger partial charge on any atom is -0.495 e. The average molecular weight is 254 g/mol. The molecule has 1 aromatic carbocycles. The summed E-state index contributed by atoms with van der Waals surface area (Å²) in [5.41, 5.74) is 0.281. The molecule has 1 atom stereocenters. The van der Waals surface area contributed by atoms with Crippen molar-refractivity contribution in [1.29, 1.82) is 0 Å². The second-order valence-electron chi connectivity index (χ2n) is 4.16. The zero-order valence-electron chi connectivity index (χ0n) is 10.0. The van der Waals surface area contributed by atoms with Crippen molar-refractivity contribution in [3.63, 3.8) is 0 Å². The number of hydrogen-bond acceptors (Lipinski definition) is 3. The monoisotopic (exact) mass is 254 g/mol. The van der Waals surface area contributed by atoms with E-state index in [2.05, 4.69) is 5.32 Å². The molecule has 0 bridgehead atoms. The van der Waals surface area contributed by atoms with E-state index < -0.39 is 11.9 Å². The Kier molecular flexibility index (Phi) is 3.66. The minimum atomic E-state index is -0.481. The van der Waals surface area contributed by atoms with E-state index in [0.29, 0.717) is 25.3 Å². The Labute approximate surface area is 104 Å². The summed E-state index contributed by atoms with van der Waals surface area (Å²) in [5.74, 6) is -0.0583. The molecule has 0 aliphatic carbocycles. The summed E-state index contributed by atoms with van der Waals surface area (Å²) >= 11 is 0. The predicted octanol–water partition coefficient (Wildman–Crippen LogP) is 1.43. The van der Waals surface area contributed by atoms with Crippen LogP contribution in [0.4, 0.5) is 14.9 Å².